The first-order valence-electron chi connectivity index (χ1n) is 4.99. The molecule has 0 saturated carbocycles. The summed E-state index contributed by atoms with van der Waals surface area (Å²) in [6.07, 6.45) is 0. The number of aliphatic hydroxyl groups is 1. The van der Waals surface area contributed by atoms with Crippen molar-refractivity contribution >= 4 is 21.6 Å². The van der Waals surface area contributed by atoms with E-state index in [2.05, 4.69) is 39.9 Å². The zero-order valence-corrected chi connectivity index (χ0v) is 11.3. The largest absolute Gasteiger partial charge is 0.389 e. The van der Waals surface area contributed by atoms with E-state index in [0.717, 1.165) is 10.2 Å². The average Bonchev–Trinajstić information content (AvgIpc) is 2.06. The van der Waals surface area contributed by atoms with E-state index in [0.29, 0.717) is 6.54 Å². The molecule has 0 saturated heterocycles. The number of halogens is 1. The molecule has 1 N–H and O–H groups in total. The highest BCUT2D eigenvalue weighted by Crippen LogP contribution is 2.24. The molecule has 0 heterocycles. The van der Waals surface area contributed by atoms with Crippen LogP contribution < -0.4 is 4.90 Å². The van der Waals surface area contributed by atoms with Gasteiger partial charge in [-0.3, -0.25) is 0 Å². The Kier molecular flexibility index (Phi) is 3.79. The third kappa shape index (κ3) is 3.84. The van der Waals surface area contributed by atoms with E-state index in [9.17, 15) is 5.11 Å². The number of hydrogen-bond acceptors (Lipinski definition) is 2. The maximum absolute atomic E-state index is 9.76. The van der Waals surface area contributed by atoms with Crippen molar-refractivity contribution in [3.8, 4) is 0 Å². The van der Waals surface area contributed by atoms with Crippen molar-refractivity contribution in [1.29, 1.82) is 0 Å². The molecule has 0 aliphatic carbocycles. The highest BCUT2D eigenvalue weighted by molar-refractivity contribution is 9.10. The van der Waals surface area contributed by atoms with Gasteiger partial charge in [0.05, 0.1) is 5.60 Å². The summed E-state index contributed by atoms with van der Waals surface area (Å²) in [5.74, 6) is 0. The van der Waals surface area contributed by atoms with Gasteiger partial charge >= 0.3 is 0 Å². The summed E-state index contributed by atoms with van der Waals surface area (Å²) in [6, 6.07) is 6.16. The summed E-state index contributed by atoms with van der Waals surface area (Å²) in [5.41, 5.74) is 1.68. The Hall–Kier alpha value is -0.540. The summed E-state index contributed by atoms with van der Waals surface area (Å²) in [5, 5.41) is 9.76. The number of rotatable bonds is 3. The van der Waals surface area contributed by atoms with Gasteiger partial charge in [-0.05, 0) is 38.5 Å². The molecule has 0 unspecified atom stereocenters. The molecule has 0 aliphatic heterocycles. The van der Waals surface area contributed by atoms with Gasteiger partial charge in [0.15, 0.2) is 0 Å². The normalized spacial score (nSPS) is 11.6. The van der Waals surface area contributed by atoms with Gasteiger partial charge in [0.25, 0.3) is 0 Å². The van der Waals surface area contributed by atoms with Crippen LogP contribution in [0.4, 0.5) is 5.69 Å². The van der Waals surface area contributed by atoms with Crippen LogP contribution in [0.1, 0.15) is 19.4 Å². The van der Waals surface area contributed by atoms with Crippen LogP contribution in [0.3, 0.4) is 0 Å². The Morgan fingerprint density at radius 3 is 2.53 bits per heavy atom. The van der Waals surface area contributed by atoms with Gasteiger partial charge in [0.2, 0.25) is 0 Å². The molecule has 0 spiro atoms. The van der Waals surface area contributed by atoms with Crippen molar-refractivity contribution < 1.29 is 5.11 Å². The standard InChI is InChI=1S/C12H18BrNO/c1-9-5-6-10(13)7-11(9)14(4)8-12(2,3)15/h5-7,15H,8H2,1-4H3. The highest BCUT2D eigenvalue weighted by Gasteiger charge is 2.16. The van der Waals surface area contributed by atoms with Crippen LogP contribution in [-0.4, -0.2) is 24.3 Å². The third-order valence-corrected chi connectivity index (χ3v) is 2.70. The predicted octanol–water partition coefficient (Wildman–Crippen LogP) is 2.96. The molecule has 15 heavy (non-hydrogen) atoms. The van der Waals surface area contributed by atoms with Crippen molar-refractivity contribution in [2.75, 3.05) is 18.5 Å². The number of anilines is 1. The van der Waals surface area contributed by atoms with Gasteiger partial charge < -0.3 is 10.0 Å². The van der Waals surface area contributed by atoms with Gasteiger partial charge in [-0.2, -0.15) is 0 Å². The van der Waals surface area contributed by atoms with Crippen LogP contribution in [-0.2, 0) is 0 Å². The van der Waals surface area contributed by atoms with Gasteiger partial charge in [0.1, 0.15) is 0 Å². The van der Waals surface area contributed by atoms with Crippen LogP contribution in [0.2, 0.25) is 0 Å². The van der Waals surface area contributed by atoms with Crippen molar-refractivity contribution in [2.45, 2.75) is 26.4 Å². The van der Waals surface area contributed by atoms with E-state index in [4.69, 9.17) is 0 Å². The summed E-state index contributed by atoms with van der Waals surface area (Å²) < 4.78 is 1.06. The lowest BCUT2D eigenvalue weighted by Crippen LogP contribution is -2.36. The first-order chi connectivity index (χ1) is 6.79. The molecular weight excluding hydrogens is 254 g/mol. The fraction of sp³-hybridized carbons (Fsp3) is 0.500. The summed E-state index contributed by atoms with van der Waals surface area (Å²) in [4.78, 5) is 2.07. The minimum Gasteiger partial charge on any atom is -0.389 e. The zero-order chi connectivity index (χ0) is 11.6. The Morgan fingerprint density at radius 1 is 1.40 bits per heavy atom. The molecule has 0 atom stereocenters. The van der Waals surface area contributed by atoms with Crippen LogP contribution in [0.15, 0.2) is 22.7 Å². The summed E-state index contributed by atoms with van der Waals surface area (Å²) in [7, 11) is 1.99. The number of nitrogens with zero attached hydrogens (tertiary/aromatic N) is 1. The molecule has 84 valence electrons. The molecule has 1 aromatic carbocycles. The highest BCUT2D eigenvalue weighted by atomic mass is 79.9. The monoisotopic (exact) mass is 271 g/mol. The number of likely N-dealkylation sites (N-methyl/N-ethyl adjacent to an activating group) is 1. The topological polar surface area (TPSA) is 23.5 Å². The van der Waals surface area contributed by atoms with E-state index in [1.807, 2.05) is 27.0 Å². The number of hydrogen-bond donors (Lipinski definition) is 1. The Bertz CT molecular complexity index is 344. The smallest absolute Gasteiger partial charge is 0.0765 e. The van der Waals surface area contributed by atoms with Crippen molar-refractivity contribution in [2.24, 2.45) is 0 Å². The molecule has 2 nitrogen and oxygen atoms in total. The predicted molar refractivity (Wildman–Crippen MR) is 68.4 cm³/mol. The Labute approximate surface area is 100 Å². The van der Waals surface area contributed by atoms with Gasteiger partial charge in [0, 0.05) is 23.8 Å². The minimum atomic E-state index is -0.677. The van der Waals surface area contributed by atoms with Crippen molar-refractivity contribution in [3.05, 3.63) is 28.2 Å². The molecular formula is C12H18BrNO. The lowest BCUT2D eigenvalue weighted by atomic mass is 10.1. The maximum atomic E-state index is 9.76. The lowest BCUT2D eigenvalue weighted by Gasteiger charge is -2.28. The summed E-state index contributed by atoms with van der Waals surface area (Å²) >= 11 is 3.46. The van der Waals surface area contributed by atoms with Crippen LogP contribution in [0, 0.1) is 6.92 Å². The molecule has 1 aromatic rings. The average molecular weight is 272 g/mol. The maximum Gasteiger partial charge on any atom is 0.0765 e. The number of benzene rings is 1. The lowest BCUT2D eigenvalue weighted by molar-refractivity contribution is 0.0886. The second kappa shape index (κ2) is 4.54. The van der Waals surface area contributed by atoms with E-state index in [-0.39, 0.29) is 0 Å². The quantitative estimate of drug-likeness (QED) is 0.914. The second-order valence-electron chi connectivity index (χ2n) is 4.60. The molecule has 0 bridgehead atoms. The third-order valence-electron chi connectivity index (χ3n) is 2.21. The van der Waals surface area contributed by atoms with E-state index < -0.39 is 5.60 Å². The van der Waals surface area contributed by atoms with Crippen molar-refractivity contribution in [3.63, 3.8) is 0 Å². The number of aryl methyl sites for hydroxylation is 1. The Morgan fingerprint density at radius 2 is 2.00 bits per heavy atom. The molecule has 0 amide bonds. The van der Waals surface area contributed by atoms with Gasteiger partial charge in [-0.1, -0.05) is 22.0 Å². The fourth-order valence-corrected chi connectivity index (χ4v) is 2.01. The molecule has 0 radical (unpaired) electrons. The molecule has 3 heteroatoms. The van der Waals surface area contributed by atoms with Crippen LogP contribution >= 0.6 is 15.9 Å². The zero-order valence-electron chi connectivity index (χ0n) is 9.71. The molecule has 1 rings (SSSR count). The fourth-order valence-electron chi connectivity index (χ4n) is 1.66. The van der Waals surface area contributed by atoms with Gasteiger partial charge in [-0.15, -0.1) is 0 Å². The van der Waals surface area contributed by atoms with Gasteiger partial charge in [-0.25, -0.2) is 0 Å². The second-order valence-corrected chi connectivity index (χ2v) is 5.51. The molecule has 0 aromatic heterocycles. The first kappa shape index (κ1) is 12.5. The summed E-state index contributed by atoms with van der Waals surface area (Å²) in [6.45, 7) is 6.32. The first-order valence-corrected chi connectivity index (χ1v) is 5.78. The van der Waals surface area contributed by atoms with E-state index in [1.165, 1.54) is 5.56 Å². The Balaban J connectivity index is 2.90. The van der Waals surface area contributed by atoms with E-state index in [1.54, 1.807) is 0 Å². The SMILES string of the molecule is Cc1ccc(Br)cc1N(C)CC(C)(C)O. The molecule has 0 aliphatic rings. The van der Waals surface area contributed by atoms with Crippen LogP contribution in [0.25, 0.3) is 0 Å². The minimum absolute atomic E-state index is 0.615. The van der Waals surface area contributed by atoms with E-state index >= 15 is 0 Å². The van der Waals surface area contributed by atoms with Crippen LogP contribution in [0.5, 0.6) is 0 Å². The van der Waals surface area contributed by atoms with Crippen molar-refractivity contribution in [1.82, 2.24) is 0 Å². The molecule has 0 fully saturated rings.